The number of tetrazole rings is 1. The topological polar surface area (TPSA) is 55.6 Å². The summed E-state index contributed by atoms with van der Waals surface area (Å²) in [4.78, 5) is 0. The maximum absolute atomic E-state index is 4.07. The van der Waals surface area contributed by atoms with Gasteiger partial charge in [-0.2, -0.15) is 0 Å². The fourth-order valence-electron chi connectivity index (χ4n) is 1.65. The number of hydrogen-bond acceptors (Lipinski definition) is 5. The van der Waals surface area contributed by atoms with Crippen molar-refractivity contribution in [2.75, 3.05) is 13.6 Å². The van der Waals surface area contributed by atoms with Crippen LogP contribution < -0.4 is 5.32 Å². The van der Waals surface area contributed by atoms with Gasteiger partial charge in [0.2, 0.25) is 5.16 Å². The van der Waals surface area contributed by atoms with Crippen molar-refractivity contribution in [2.45, 2.75) is 36.2 Å². The van der Waals surface area contributed by atoms with Crippen LogP contribution in [0, 0.1) is 0 Å². The van der Waals surface area contributed by atoms with E-state index in [0.717, 1.165) is 18.2 Å². The van der Waals surface area contributed by atoms with Crippen molar-refractivity contribution in [3.05, 3.63) is 12.2 Å². The number of thioether (sulfide) groups is 1. The molecule has 0 radical (unpaired) electrons. The molecule has 1 aliphatic rings. The summed E-state index contributed by atoms with van der Waals surface area (Å²) in [5.41, 5.74) is 0. The Hall–Kier alpha value is -0.880. The molecule has 0 aliphatic heterocycles. The lowest BCUT2D eigenvalue weighted by molar-refractivity contribution is 0.529. The van der Waals surface area contributed by atoms with Crippen LogP contribution in [0.3, 0.4) is 0 Å². The normalized spacial score (nSPS) is 20.2. The fraction of sp³-hybridized carbons (Fsp3) is 0.700. The van der Waals surface area contributed by atoms with E-state index in [-0.39, 0.29) is 0 Å². The highest BCUT2D eigenvalue weighted by atomic mass is 32.2. The second-order valence-electron chi connectivity index (χ2n) is 3.80. The summed E-state index contributed by atoms with van der Waals surface area (Å²) in [5.74, 6) is 0. The van der Waals surface area contributed by atoms with E-state index in [1.165, 1.54) is 19.3 Å². The second kappa shape index (κ2) is 6.00. The maximum Gasteiger partial charge on any atom is 0.209 e. The van der Waals surface area contributed by atoms with Gasteiger partial charge in [-0.05, 0) is 36.7 Å². The highest BCUT2D eigenvalue weighted by Crippen LogP contribution is 2.28. The number of nitrogens with zero attached hydrogens (tertiary/aromatic N) is 4. The lowest BCUT2D eigenvalue weighted by Gasteiger charge is -2.14. The van der Waals surface area contributed by atoms with E-state index in [0.29, 0.717) is 5.25 Å². The van der Waals surface area contributed by atoms with Crippen LogP contribution in [0.2, 0.25) is 0 Å². The Morgan fingerprint density at radius 3 is 3.31 bits per heavy atom. The molecule has 16 heavy (non-hydrogen) atoms. The average Bonchev–Trinajstić information content (AvgIpc) is 2.75. The van der Waals surface area contributed by atoms with Crippen molar-refractivity contribution in [1.82, 2.24) is 25.5 Å². The minimum atomic E-state index is 0.535. The molecule has 0 fully saturated rings. The molecule has 5 nitrogen and oxygen atoms in total. The summed E-state index contributed by atoms with van der Waals surface area (Å²) in [5, 5.41) is 16.3. The zero-order valence-corrected chi connectivity index (χ0v) is 10.3. The van der Waals surface area contributed by atoms with Crippen molar-refractivity contribution < 1.29 is 0 Å². The smallest absolute Gasteiger partial charge is 0.209 e. The zero-order valence-electron chi connectivity index (χ0n) is 9.46. The highest BCUT2D eigenvalue weighted by Gasteiger charge is 2.14. The van der Waals surface area contributed by atoms with Crippen LogP contribution >= 0.6 is 11.8 Å². The molecule has 2 rings (SSSR count). The largest absolute Gasteiger partial charge is 0.318 e. The van der Waals surface area contributed by atoms with Gasteiger partial charge in [0.1, 0.15) is 0 Å². The predicted octanol–water partition coefficient (Wildman–Crippen LogP) is 1.09. The van der Waals surface area contributed by atoms with E-state index in [2.05, 4.69) is 33.0 Å². The van der Waals surface area contributed by atoms with Gasteiger partial charge in [-0.1, -0.05) is 23.9 Å². The number of nitrogens with one attached hydrogen (secondary N) is 1. The third-order valence-electron chi connectivity index (χ3n) is 2.54. The van der Waals surface area contributed by atoms with Gasteiger partial charge in [0, 0.05) is 11.8 Å². The summed E-state index contributed by atoms with van der Waals surface area (Å²) in [6.07, 6.45) is 8.22. The first-order chi connectivity index (χ1) is 7.90. The van der Waals surface area contributed by atoms with Crippen LogP contribution in [-0.4, -0.2) is 39.0 Å². The zero-order chi connectivity index (χ0) is 11.2. The summed E-state index contributed by atoms with van der Waals surface area (Å²) in [7, 11) is 1.93. The molecule has 0 amide bonds. The van der Waals surface area contributed by atoms with Gasteiger partial charge < -0.3 is 5.32 Å². The van der Waals surface area contributed by atoms with Gasteiger partial charge in [-0.15, -0.1) is 5.10 Å². The van der Waals surface area contributed by atoms with Crippen molar-refractivity contribution in [1.29, 1.82) is 0 Å². The SMILES string of the molecule is CNCCn1nnnc1SC1C=CCCC1. The lowest BCUT2D eigenvalue weighted by Crippen LogP contribution is -2.17. The van der Waals surface area contributed by atoms with Crippen LogP contribution in [0.15, 0.2) is 17.3 Å². The van der Waals surface area contributed by atoms with Gasteiger partial charge in [0.15, 0.2) is 0 Å². The lowest BCUT2D eigenvalue weighted by atomic mass is 10.1. The van der Waals surface area contributed by atoms with E-state index in [4.69, 9.17) is 0 Å². The molecular weight excluding hydrogens is 222 g/mol. The third kappa shape index (κ3) is 3.05. The number of allylic oxidation sites excluding steroid dienone is 1. The summed E-state index contributed by atoms with van der Waals surface area (Å²) in [6.45, 7) is 1.71. The van der Waals surface area contributed by atoms with Crippen molar-refractivity contribution >= 4 is 11.8 Å². The van der Waals surface area contributed by atoms with Crippen molar-refractivity contribution in [3.8, 4) is 0 Å². The fourth-order valence-corrected chi connectivity index (χ4v) is 2.73. The van der Waals surface area contributed by atoms with Crippen LogP contribution in [0.1, 0.15) is 19.3 Å². The Kier molecular flexibility index (Phi) is 4.35. The van der Waals surface area contributed by atoms with Crippen molar-refractivity contribution in [3.63, 3.8) is 0 Å². The minimum Gasteiger partial charge on any atom is -0.318 e. The summed E-state index contributed by atoms with van der Waals surface area (Å²) < 4.78 is 1.86. The van der Waals surface area contributed by atoms with E-state index >= 15 is 0 Å². The summed E-state index contributed by atoms with van der Waals surface area (Å²) in [6, 6.07) is 0. The Balaban J connectivity index is 1.94. The minimum absolute atomic E-state index is 0.535. The average molecular weight is 239 g/mol. The molecule has 6 heteroatoms. The monoisotopic (exact) mass is 239 g/mol. The molecule has 0 saturated heterocycles. The van der Waals surface area contributed by atoms with Crippen molar-refractivity contribution in [2.24, 2.45) is 0 Å². The molecule has 1 atom stereocenters. The van der Waals surface area contributed by atoms with Crippen LogP contribution in [0.25, 0.3) is 0 Å². The van der Waals surface area contributed by atoms with Crippen LogP contribution in [-0.2, 0) is 6.54 Å². The molecule has 1 aliphatic carbocycles. The molecule has 1 aromatic rings. The molecular formula is C10H17N5S. The van der Waals surface area contributed by atoms with E-state index in [1.807, 2.05) is 11.7 Å². The summed E-state index contributed by atoms with van der Waals surface area (Å²) >= 11 is 1.76. The van der Waals surface area contributed by atoms with E-state index in [1.54, 1.807) is 11.8 Å². The standard InChI is InChI=1S/C10H17N5S/c1-11-7-8-15-10(12-13-14-15)16-9-5-3-2-4-6-9/h3,5,9,11H,2,4,6-8H2,1H3. The van der Waals surface area contributed by atoms with Gasteiger partial charge in [0.25, 0.3) is 0 Å². The molecule has 0 spiro atoms. The highest BCUT2D eigenvalue weighted by molar-refractivity contribution is 7.99. The number of aromatic nitrogens is 4. The molecule has 0 saturated carbocycles. The first-order valence-electron chi connectivity index (χ1n) is 5.64. The Morgan fingerprint density at radius 2 is 2.56 bits per heavy atom. The first-order valence-corrected chi connectivity index (χ1v) is 6.52. The molecule has 0 aromatic carbocycles. The van der Waals surface area contributed by atoms with Crippen LogP contribution in [0.5, 0.6) is 0 Å². The maximum atomic E-state index is 4.07. The number of rotatable bonds is 5. The Bertz CT molecular complexity index is 349. The second-order valence-corrected chi connectivity index (χ2v) is 5.01. The van der Waals surface area contributed by atoms with E-state index in [9.17, 15) is 0 Å². The quantitative estimate of drug-likeness (QED) is 0.780. The van der Waals surface area contributed by atoms with Gasteiger partial charge in [-0.3, -0.25) is 0 Å². The predicted molar refractivity (Wildman–Crippen MR) is 64.4 cm³/mol. The molecule has 0 bridgehead atoms. The molecule has 1 N–H and O–H groups in total. The molecule has 1 heterocycles. The molecule has 1 aromatic heterocycles. The third-order valence-corrected chi connectivity index (χ3v) is 3.74. The van der Waals surface area contributed by atoms with Crippen LogP contribution in [0.4, 0.5) is 0 Å². The number of likely N-dealkylation sites (N-methyl/N-ethyl adjacent to an activating group) is 1. The Morgan fingerprint density at radius 1 is 1.62 bits per heavy atom. The molecule has 88 valence electrons. The van der Waals surface area contributed by atoms with Gasteiger partial charge in [0.05, 0.1) is 6.54 Å². The first kappa shape index (κ1) is 11.6. The number of hydrogen-bond donors (Lipinski definition) is 1. The van der Waals surface area contributed by atoms with E-state index < -0.39 is 0 Å². The van der Waals surface area contributed by atoms with Gasteiger partial charge >= 0.3 is 0 Å². The molecule has 1 unspecified atom stereocenters. The Labute approximate surface area is 99.7 Å². The van der Waals surface area contributed by atoms with Gasteiger partial charge in [-0.25, -0.2) is 4.68 Å².